The molecule has 0 aliphatic carbocycles. The number of esters is 1. The fourth-order valence-electron chi connectivity index (χ4n) is 3.75. The number of azo groups is 2. The molecule has 0 radical (unpaired) electrons. The summed E-state index contributed by atoms with van der Waals surface area (Å²) in [6.07, 6.45) is 4.96. The molecule has 0 aromatic heterocycles. The van der Waals surface area contributed by atoms with Crippen molar-refractivity contribution in [3.63, 3.8) is 0 Å². The Morgan fingerprint density at radius 3 is 1.79 bits per heavy atom. The molecule has 7 nitrogen and oxygen atoms in total. The van der Waals surface area contributed by atoms with Gasteiger partial charge in [-0.25, -0.2) is 4.79 Å². The molecule has 0 unspecified atom stereocenters. The van der Waals surface area contributed by atoms with Gasteiger partial charge in [0.2, 0.25) is 0 Å². The van der Waals surface area contributed by atoms with Crippen LogP contribution in [0, 0.1) is 0 Å². The number of hydrogen-bond donors (Lipinski definition) is 0. The number of rotatable bonds is 13. The van der Waals surface area contributed by atoms with E-state index in [2.05, 4.69) is 27.0 Å². The molecule has 38 heavy (non-hydrogen) atoms. The molecule has 4 aromatic rings. The zero-order chi connectivity index (χ0) is 26.4. The van der Waals surface area contributed by atoms with Crippen molar-refractivity contribution >= 4 is 39.5 Å². The van der Waals surface area contributed by atoms with Gasteiger partial charge in [-0.3, -0.25) is 0 Å². The predicted octanol–water partition coefficient (Wildman–Crippen LogP) is 9.34. The molecular formula is C31H30N4O3. The number of carbonyl (C=O) groups is 1. The highest BCUT2D eigenvalue weighted by molar-refractivity contribution is 5.99. The van der Waals surface area contributed by atoms with Crippen molar-refractivity contribution in [3.8, 4) is 5.75 Å². The molecule has 0 spiro atoms. The minimum absolute atomic E-state index is 0.371. The summed E-state index contributed by atoms with van der Waals surface area (Å²) in [5, 5.41) is 19.6. The highest BCUT2D eigenvalue weighted by Gasteiger charge is 2.05. The van der Waals surface area contributed by atoms with E-state index >= 15 is 0 Å². The Morgan fingerprint density at radius 1 is 0.632 bits per heavy atom. The predicted molar refractivity (Wildman–Crippen MR) is 150 cm³/mol. The van der Waals surface area contributed by atoms with Gasteiger partial charge in [-0.2, -0.15) is 10.2 Å². The maximum Gasteiger partial charge on any atom is 0.330 e. The van der Waals surface area contributed by atoms with Crippen molar-refractivity contribution in [3.05, 3.63) is 104 Å². The molecule has 0 aliphatic rings. The zero-order valence-electron chi connectivity index (χ0n) is 21.2. The lowest BCUT2D eigenvalue weighted by atomic mass is 10.1. The van der Waals surface area contributed by atoms with Crippen molar-refractivity contribution in [2.45, 2.75) is 25.7 Å². The number of unbranched alkanes of at least 4 members (excludes halogenated alkanes) is 3. The monoisotopic (exact) mass is 506 g/mol. The average Bonchev–Trinajstić information content (AvgIpc) is 2.97. The Labute approximate surface area is 222 Å². The third-order valence-corrected chi connectivity index (χ3v) is 5.74. The SMILES string of the molecule is C=CC(=O)OCCCCCCOc1ccc(N=Nc2ccc(N=Nc3ccccc3)c3ccccc23)cc1. The van der Waals surface area contributed by atoms with E-state index in [0.29, 0.717) is 13.2 Å². The van der Waals surface area contributed by atoms with Crippen LogP contribution in [0.1, 0.15) is 25.7 Å². The number of fused-ring (bicyclic) bond motifs is 1. The highest BCUT2D eigenvalue weighted by Crippen LogP contribution is 2.35. The van der Waals surface area contributed by atoms with E-state index in [-0.39, 0.29) is 5.97 Å². The zero-order valence-corrected chi connectivity index (χ0v) is 21.2. The minimum Gasteiger partial charge on any atom is -0.494 e. The summed E-state index contributed by atoms with van der Waals surface area (Å²) in [6.45, 7) is 4.44. The van der Waals surface area contributed by atoms with Gasteiger partial charge in [-0.15, -0.1) is 10.2 Å². The minimum atomic E-state index is -0.371. The Balaban J connectivity index is 1.30. The van der Waals surface area contributed by atoms with E-state index in [9.17, 15) is 4.79 Å². The van der Waals surface area contributed by atoms with E-state index in [1.165, 1.54) is 6.08 Å². The summed E-state index contributed by atoms with van der Waals surface area (Å²) in [5.74, 6) is 0.423. The van der Waals surface area contributed by atoms with Crippen molar-refractivity contribution in [2.75, 3.05) is 13.2 Å². The summed E-state index contributed by atoms with van der Waals surface area (Å²) in [4.78, 5) is 11.0. The van der Waals surface area contributed by atoms with Crippen LogP contribution in [0.25, 0.3) is 10.8 Å². The van der Waals surface area contributed by atoms with Gasteiger partial charge in [0.05, 0.1) is 36.0 Å². The van der Waals surface area contributed by atoms with Crippen molar-refractivity contribution in [2.24, 2.45) is 20.5 Å². The first-order valence-electron chi connectivity index (χ1n) is 12.7. The lowest BCUT2D eigenvalue weighted by Gasteiger charge is -2.06. The average molecular weight is 507 g/mol. The standard InChI is InChI=1S/C31H30N4O3/c1-2-31(36)38-23-11-4-3-10-22-37-26-18-16-25(17-19-26)33-35-30-21-20-29(27-14-8-9-15-28(27)30)34-32-24-12-6-5-7-13-24/h2,5-9,12-21H,1,3-4,10-11,22-23H2. The Kier molecular flexibility index (Phi) is 9.86. The first-order valence-corrected chi connectivity index (χ1v) is 12.7. The molecule has 0 saturated heterocycles. The van der Waals surface area contributed by atoms with Crippen LogP contribution in [0.5, 0.6) is 5.75 Å². The first-order chi connectivity index (χ1) is 18.7. The number of nitrogens with zero attached hydrogens (tertiary/aromatic N) is 4. The third-order valence-electron chi connectivity index (χ3n) is 5.74. The molecule has 0 atom stereocenters. The molecule has 192 valence electrons. The summed E-state index contributed by atoms with van der Waals surface area (Å²) >= 11 is 0. The number of ether oxygens (including phenoxy) is 2. The molecule has 0 fully saturated rings. The Bertz CT molecular complexity index is 1400. The van der Waals surface area contributed by atoms with E-state index in [4.69, 9.17) is 9.47 Å². The van der Waals surface area contributed by atoms with Crippen LogP contribution in [0.4, 0.5) is 22.7 Å². The van der Waals surface area contributed by atoms with Crippen LogP contribution in [-0.4, -0.2) is 19.2 Å². The topological polar surface area (TPSA) is 85.0 Å². The maximum absolute atomic E-state index is 11.0. The maximum atomic E-state index is 11.0. The van der Waals surface area contributed by atoms with E-state index in [0.717, 1.165) is 65.0 Å². The number of benzene rings is 4. The molecular weight excluding hydrogens is 476 g/mol. The third kappa shape index (κ3) is 7.93. The van der Waals surface area contributed by atoms with Crippen molar-refractivity contribution in [1.29, 1.82) is 0 Å². The quantitative estimate of drug-likeness (QED) is 0.0783. The largest absolute Gasteiger partial charge is 0.494 e. The fourth-order valence-corrected chi connectivity index (χ4v) is 3.75. The van der Waals surface area contributed by atoms with Gasteiger partial charge in [-0.1, -0.05) is 49.0 Å². The molecule has 4 aromatic carbocycles. The molecule has 4 rings (SSSR count). The molecule has 0 aliphatic heterocycles. The van der Waals surface area contributed by atoms with Crippen molar-refractivity contribution in [1.82, 2.24) is 0 Å². The van der Waals surface area contributed by atoms with Gasteiger partial charge in [0.1, 0.15) is 5.75 Å². The second-order valence-electron chi connectivity index (χ2n) is 8.51. The van der Waals surface area contributed by atoms with E-state index < -0.39 is 0 Å². The molecule has 0 saturated carbocycles. The molecule has 0 bridgehead atoms. The van der Waals surface area contributed by atoms with Gasteiger partial charge in [0.25, 0.3) is 0 Å². The lowest BCUT2D eigenvalue weighted by Crippen LogP contribution is -2.02. The van der Waals surface area contributed by atoms with Crippen LogP contribution in [-0.2, 0) is 9.53 Å². The van der Waals surface area contributed by atoms with E-state index in [1.54, 1.807) is 0 Å². The Hall–Kier alpha value is -4.65. The Morgan fingerprint density at radius 2 is 1.18 bits per heavy atom. The van der Waals surface area contributed by atoms with Crippen LogP contribution < -0.4 is 4.74 Å². The van der Waals surface area contributed by atoms with Gasteiger partial charge in [0.15, 0.2) is 0 Å². The highest BCUT2D eigenvalue weighted by atomic mass is 16.5. The fraction of sp³-hybridized carbons (Fsp3) is 0.194. The van der Waals surface area contributed by atoms with Crippen LogP contribution in [0.15, 0.2) is 124 Å². The van der Waals surface area contributed by atoms with Gasteiger partial charge < -0.3 is 9.47 Å². The van der Waals surface area contributed by atoms with Crippen LogP contribution in [0.3, 0.4) is 0 Å². The normalized spacial score (nSPS) is 11.3. The first kappa shape index (κ1) is 26.4. The van der Waals surface area contributed by atoms with Gasteiger partial charge in [0, 0.05) is 16.8 Å². The summed E-state index contributed by atoms with van der Waals surface area (Å²) in [7, 11) is 0. The smallest absolute Gasteiger partial charge is 0.330 e. The summed E-state index contributed by atoms with van der Waals surface area (Å²) < 4.78 is 10.8. The van der Waals surface area contributed by atoms with Gasteiger partial charge in [-0.05, 0) is 74.2 Å². The van der Waals surface area contributed by atoms with Crippen LogP contribution in [0.2, 0.25) is 0 Å². The second kappa shape index (κ2) is 14.2. The summed E-state index contributed by atoms with van der Waals surface area (Å²) in [6, 6.07) is 29.0. The molecule has 7 heteroatoms. The van der Waals surface area contributed by atoms with Crippen LogP contribution >= 0.6 is 0 Å². The van der Waals surface area contributed by atoms with E-state index in [1.807, 2.05) is 91.0 Å². The molecule has 0 heterocycles. The number of carbonyl (C=O) groups excluding carboxylic acids is 1. The molecule has 0 N–H and O–H groups in total. The van der Waals surface area contributed by atoms with Crippen molar-refractivity contribution < 1.29 is 14.3 Å². The second-order valence-corrected chi connectivity index (χ2v) is 8.51. The van der Waals surface area contributed by atoms with Gasteiger partial charge >= 0.3 is 5.97 Å². The number of hydrogen-bond acceptors (Lipinski definition) is 7. The lowest BCUT2D eigenvalue weighted by molar-refractivity contribution is -0.137. The summed E-state index contributed by atoms with van der Waals surface area (Å²) in [5.41, 5.74) is 3.08. The molecule has 0 amide bonds.